The van der Waals surface area contributed by atoms with Gasteiger partial charge in [0.25, 0.3) is 0 Å². The molecule has 0 radical (unpaired) electrons. The van der Waals surface area contributed by atoms with E-state index in [4.69, 9.17) is 9.47 Å². The van der Waals surface area contributed by atoms with Crippen LogP contribution >= 0.6 is 0 Å². The lowest BCUT2D eigenvalue weighted by atomic mass is 9.99. The van der Waals surface area contributed by atoms with Gasteiger partial charge in [0.05, 0.1) is 25.4 Å². The Bertz CT molecular complexity index is 1010. The van der Waals surface area contributed by atoms with Crippen LogP contribution in [0.25, 0.3) is 0 Å². The molecule has 1 fully saturated rings. The molecule has 10 heteroatoms. The fraction of sp³-hybridized carbons (Fsp3) is 0.900. The molecule has 10 nitrogen and oxygen atoms in total. The maximum Gasteiger partial charge on any atom is 0.249 e. The number of carbonyl (C=O) groups is 1. The molecule has 0 aromatic rings. The number of hydrogen-bond acceptors (Lipinski definition) is 9. The molecule has 354 valence electrons. The Hall–Kier alpha value is -1.37. The van der Waals surface area contributed by atoms with Crippen molar-refractivity contribution < 1.29 is 44.9 Å². The molecule has 1 rings (SSSR count). The van der Waals surface area contributed by atoms with Gasteiger partial charge >= 0.3 is 0 Å². The van der Waals surface area contributed by atoms with Crippen LogP contribution in [0.3, 0.4) is 0 Å². The minimum atomic E-state index is -1.61. The molecule has 7 N–H and O–H groups in total. The summed E-state index contributed by atoms with van der Waals surface area (Å²) in [5.74, 6) is -0.623. The zero-order valence-electron chi connectivity index (χ0n) is 38.6. The van der Waals surface area contributed by atoms with Gasteiger partial charge in [0.15, 0.2) is 6.29 Å². The third-order valence-electron chi connectivity index (χ3n) is 12.1. The summed E-state index contributed by atoms with van der Waals surface area (Å²) in [6.45, 7) is 3.59. The number of hydrogen-bond donors (Lipinski definition) is 7. The molecule has 8 atom stereocenters. The van der Waals surface area contributed by atoms with Crippen molar-refractivity contribution in [2.45, 2.75) is 275 Å². The molecule has 0 aromatic heterocycles. The maximum absolute atomic E-state index is 13.1. The summed E-state index contributed by atoms with van der Waals surface area (Å²) in [4.78, 5) is 13.1. The number of aliphatic hydroxyl groups is 6. The van der Waals surface area contributed by atoms with Crippen molar-refractivity contribution in [3.05, 3.63) is 24.3 Å². The van der Waals surface area contributed by atoms with Crippen molar-refractivity contribution in [3.63, 3.8) is 0 Å². The Labute approximate surface area is 367 Å². The fourth-order valence-corrected chi connectivity index (χ4v) is 8.00. The number of amides is 1. The second-order valence-corrected chi connectivity index (χ2v) is 17.8. The van der Waals surface area contributed by atoms with Gasteiger partial charge in [-0.1, -0.05) is 218 Å². The number of nitrogens with one attached hydrogen (secondary N) is 1. The monoisotopic (exact) mass is 854 g/mol. The zero-order chi connectivity index (χ0) is 43.9. The van der Waals surface area contributed by atoms with Crippen LogP contribution in [0.4, 0.5) is 0 Å². The molecule has 1 heterocycles. The van der Waals surface area contributed by atoms with Crippen LogP contribution in [-0.2, 0) is 14.3 Å². The summed E-state index contributed by atoms with van der Waals surface area (Å²) in [5, 5.41) is 64.7. The lowest BCUT2D eigenvalue weighted by Gasteiger charge is -2.40. The molecule has 1 amide bonds. The largest absolute Gasteiger partial charge is 0.394 e. The molecule has 0 aromatic carbocycles. The molecule has 8 unspecified atom stereocenters. The minimum Gasteiger partial charge on any atom is -0.394 e. The number of ether oxygens (including phenoxy) is 2. The average Bonchev–Trinajstić information content (AvgIpc) is 3.25. The first-order valence-electron chi connectivity index (χ1n) is 25.2. The van der Waals surface area contributed by atoms with E-state index >= 15 is 0 Å². The number of aliphatic hydroxyl groups excluding tert-OH is 6. The van der Waals surface area contributed by atoms with E-state index in [1.54, 1.807) is 6.08 Å². The predicted molar refractivity (Wildman–Crippen MR) is 246 cm³/mol. The van der Waals surface area contributed by atoms with Crippen LogP contribution in [0.15, 0.2) is 24.3 Å². The summed E-state index contributed by atoms with van der Waals surface area (Å²) >= 11 is 0. The Morgan fingerprint density at radius 2 is 0.983 bits per heavy atom. The Morgan fingerprint density at radius 3 is 1.45 bits per heavy atom. The van der Waals surface area contributed by atoms with Crippen LogP contribution in [0.1, 0.15) is 226 Å². The van der Waals surface area contributed by atoms with E-state index in [1.165, 1.54) is 161 Å². The van der Waals surface area contributed by atoms with E-state index in [0.717, 1.165) is 32.1 Å². The molecule has 1 saturated heterocycles. The van der Waals surface area contributed by atoms with E-state index < -0.39 is 61.5 Å². The van der Waals surface area contributed by atoms with E-state index in [2.05, 4.69) is 31.3 Å². The summed E-state index contributed by atoms with van der Waals surface area (Å²) < 4.78 is 11.1. The Kier molecular flexibility index (Phi) is 38.1. The zero-order valence-corrected chi connectivity index (χ0v) is 38.6. The summed E-state index contributed by atoms with van der Waals surface area (Å²) in [5.41, 5.74) is 0. The van der Waals surface area contributed by atoms with Gasteiger partial charge in [0, 0.05) is 0 Å². The van der Waals surface area contributed by atoms with Crippen molar-refractivity contribution in [1.82, 2.24) is 5.32 Å². The number of allylic oxidation sites excluding steroid dienone is 3. The van der Waals surface area contributed by atoms with Gasteiger partial charge in [-0.05, 0) is 32.1 Å². The van der Waals surface area contributed by atoms with Gasteiger partial charge in [-0.2, -0.15) is 0 Å². The molecule has 60 heavy (non-hydrogen) atoms. The van der Waals surface area contributed by atoms with Gasteiger partial charge in [0.1, 0.15) is 30.5 Å². The third kappa shape index (κ3) is 29.8. The number of carbonyl (C=O) groups excluding carboxylic acids is 1. The van der Waals surface area contributed by atoms with Gasteiger partial charge in [0.2, 0.25) is 5.91 Å². The summed E-state index contributed by atoms with van der Waals surface area (Å²) in [6, 6.07) is -0.992. The van der Waals surface area contributed by atoms with Crippen LogP contribution in [0.2, 0.25) is 0 Å². The molecule has 1 aliphatic rings. The van der Waals surface area contributed by atoms with E-state index in [1.807, 2.05) is 6.08 Å². The van der Waals surface area contributed by atoms with E-state index in [-0.39, 0.29) is 6.61 Å². The molecule has 0 saturated carbocycles. The normalized spacial score (nSPS) is 21.2. The highest BCUT2D eigenvalue weighted by Gasteiger charge is 2.44. The average molecular weight is 854 g/mol. The molecular weight excluding hydrogens is 759 g/mol. The fourth-order valence-electron chi connectivity index (χ4n) is 8.00. The first-order valence-corrected chi connectivity index (χ1v) is 25.2. The number of rotatable bonds is 42. The molecule has 1 aliphatic heterocycles. The van der Waals surface area contributed by atoms with Gasteiger partial charge in [-0.15, -0.1) is 0 Å². The minimum absolute atomic E-state index is 0.308. The molecule has 0 spiro atoms. The van der Waals surface area contributed by atoms with Gasteiger partial charge < -0.3 is 45.4 Å². The highest BCUT2D eigenvalue weighted by Crippen LogP contribution is 2.23. The van der Waals surface area contributed by atoms with Crippen LogP contribution < -0.4 is 5.32 Å². The quantitative estimate of drug-likeness (QED) is 0.0233. The molecule has 0 aliphatic carbocycles. The second kappa shape index (κ2) is 40.4. The highest BCUT2D eigenvalue weighted by molar-refractivity contribution is 5.80. The topological polar surface area (TPSA) is 169 Å². The van der Waals surface area contributed by atoms with Gasteiger partial charge in [-0.3, -0.25) is 4.79 Å². The van der Waals surface area contributed by atoms with Gasteiger partial charge in [-0.25, -0.2) is 0 Å². The molecular formula is C50H95NO9. The first kappa shape index (κ1) is 56.6. The lowest BCUT2D eigenvalue weighted by molar-refractivity contribution is -0.302. The van der Waals surface area contributed by atoms with E-state index in [0.29, 0.717) is 19.3 Å². The summed E-state index contributed by atoms with van der Waals surface area (Å²) in [6.07, 6.45) is 38.5. The molecule has 0 bridgehead atoms. The van der Waals surface area contributed by atoms with Crippen molar-refractivity contribution in [2.75, 3.05) is 13.2 Å². The predicted octanol–water partition coefficient (Wildman–Crippen LogP) is 10.0. The van der Waals surface area contributed by atoms with Crippen molar-refractivity contribution >= 4 is 5.91 Å². The SMILES string of the molecule is CCCCCCCCC/C=C/CC/C=C/C(O)C(COC1OC(CO)C(O)C(O)C1O)NC(=O)C(O)CCCCCCCCCCCCCCCCCCCCCCCC. The van der Waals surface area contributed by atoms with Crippen LogP contribution in [-0.4, -0.2) is 98.7 Å². The van der Waals surface area contributed by atoms with Crippen molar-refractivity contribution in [1.29, 1.82) is 0 Å². The first-order chi connectivity index (χ1) is 29.3. The van der Waals surface area contributed by atoms with Crippen molar-refractivity contribution in [3.8, 4) is 0 Å². The summed E-state index contributed by atoms with van der Waals surface area (Å²) in [7, 11) is 0. The Balaban J connectivity index is 2.32. The van der Waals surface area contributed by atoms with Crippen LogP contribution in [0, 0.1) is 0 Å². The van der Waals surface area contributed by atoms with E-state index in [9.17, 15) is 35.4 Å². The highest BCUT2D eigenvalue weighted by atomic mass is 16.7. The standard InChI is InChI=1S/C50H95NO9/c1-3-5-7-9-11-13-15-17-18-19-20-21-22-23-24-25-27-29-31-33-35-37-39-44(54)49(58)51-42(41-59-50-48(57)47(56)46(55)45(40-52)60-50)43(53)38-36-34-32-30-28-26-16-14-12-10-8-6-4-2/h28,30,36,38,42-48,50,52-57H,3-27,29,31-35,37,39-41H2,1-2H3,(H,51,58)/b30-28+,38-36+. The van der Waals surface area contributed by atoms with Crippen molar-refractivity contribution in [2.24, 2.45) is 0 Å². The number of unbranched alkanes of at least 4 members (excludes halogenated alkanes) is 29. The smallest absolute Gasteiger partial charge is 0.249 e. The Morgan fingerprint density at radius 1 is 0.567 bits per heavy atom. The third-order valence-corrected chi connectivity index (χ3v) is 12.1. The van der Waals surface area contributed by atoms with Crippen LogP contribution in [0.5, 0.6) is 0 Å². The maximum atomic E-state index is 13.1. The second-order valence-electron chi connectivity index (χ2n) is 17.8. The lowest BCUT2D eigenvalue weighted by Crippen LogP contribution is -2.60.